The normalized spacial score (nSPS) is 10.6. The fraction of sp³-hybridized carbons (Fsp3) is 0.0909. The van der Waals surface area contributed by atoms with E-state index in [1.807, 2.05) is 0 Å². The molecule has 1 aromatic carbocycles. The van der Waals surface area contributed by atoms with Crippen molar-refractivity contribution in [1.29, 1.82) is 0 Å². The quantitative estimate of drug-likeness (QED) is 0.915. The summed E-state index contributed by atoms with van der Waals surface area (Å²) in [6, 6.07) is 4.12. The molecule has 0 spiro atoms. The van der Waals surface area contributed by atoms with E-state index >= 15 is 0 Å². The summed E-state index contributed by atoms with van der Waals surface area (Å²) in [5.74, 6) is -0.589. The molecule has 2 aromatic rings. The molecule has 0 aliphatic carbocycles. The number of rotatable bonds is 2. The first kappa shape index (κ1) is 13.0. The van der Waals surface area contributed by atoms with E-state index in [1.165, 1.54) is 18.3 Å². The van der Waals surface area contributed by atoms with Crippen LogP contribution in [0.5, 0.6) is 0 Å². The molecule has 0 unspecified atom stereocenters. The molecule has 1 aromatic heterocycles. The van der Waals surface area contributed by atoms with E-state index in [0.29, 0.717) is 5.56 Å². The summed E-state index contributed by atoms with van der Waals surface area (Å²) >= 11 is 8.57. The lowest BCUT2D eigenvalue weighted by atomic mass is 10.2. The second-order valence-electron chi connectivity index (χ2n) is 3.58. The van der Waals surface area contributed by atoms with Gasteiger partial charge >= 0.3 is 5.69 Å². The molecule has 1 N–H and O–H groups in total. The maximum absolute atomic E-state index is 13.2. The Morgan fingerprint density at radius 3 is 2.78 bits per heavy atom. The van der Waals surface area contributed by atoms with Crippen molar-refractivity contribution in [2.24, 2.45) is 0 Å². The maximum Gasteiger partial charge on any atom is 0.328 e. The lowest BCUT2D eigenvalue weighted by molar-refractivity contribution is 0.620. The first-order chi connectivity index (χ1) is 8.49. The largest absolute Gasteiger partial charge is 0.328 e. The number of nitrogens with one attached hydrogen (secondary N) is 1. The molecule has 0 radical (unpaired) electrons. The second kappa shape index (κ2) is 5.07. The van der Waals surface area contributed by atoms with E-state index in [1.54, 1.807) is 6.07 Å². The molecule has 0 amide bonds. The van der Waals surface area contributed by atoms with Gasteiger partial charge in [0.2, 0.25) is 0 Å². The Kier molecular flexibility index (Phi) is 3.68. The number of nitrogens with zero attached hydrogens (tertiary/aromatic N) is 1. The first-order valence-corrected chi connectivity index (χ1v) is 6.08. The van der Waals surface area contributed by atoms with Gasteiger partial charge in [0.1, 0.15) is 5.82 Å². The second-order valence-corrected chi connectivity index (χ2v) is 4.84. The summed E-state index contributed by atoms with van der Waals surface area (Å²) in [6.07, 6.45) is 1.27. The van der Waals surface area contributed by atoms with E-state index in [0.717, 1.165) is 4.57 Å². The van der Waals surface area contributed by atoms with E-state index in [-0.39, 0.29) is 16.0 Å². The summed E-state index contributed by atoms with van der Waals surface area (Å²) in [5, 5.41) is -0.00533. The molecule has 2 rings (SSSR count). The van der Waals surface area contributed by atoms with Crippen LogP contribution in [0.1, 0.15) is 5.56 Å². The van der Waals surface area contributed by atoms with Crippen LogP contribution in [0.15, 0.2) is 38.5 Å². The molecule has 0 saturated carbocycles. The summed E-state index contributed by atoms with van der Waals surface area (Å²) in [6.45, 7) is -0.0261. The Morgan fingerprint density at radius 1 is 1.39 bits per heavy atom. The van der Waals surface area contributed by atoms with Crippen molar-refractivity contribution in [2.45, 2.75) is 6.54 Å². The van der Waals surface area contributed by atoms with Gasteiger partial charge in [0.15, 0.2) is 0 Å². The molecule has 0 saturated heterocycles. The number of halogens is 3. The summed E-state index contributed by atoms with van der Waals surface area (Å²) in [5.41, 5.74) is -0.560. The number of hydrogen-bond donors (Lipinski definition) is 1. The van der Waals surface area contributed by atoms with Crippen LogP contribution in [0.2, 0.25) is 5.02 Å². The molecule has 18 heavy (non-hydrogen) atoms. The number of hydrogen-bond acceptors (Lipinski definition) is 2. The molecular formula is C11H7BrClFN2O2. The highest BCUT2D eigenvalue weighted by molar-refractivity contribution is 9.10. The molecule has 0 atom stereocenters. The Hall–Kier alpha value is -1.40. The smallest absolute Gasteiger partial charge is 0.313 e. The van der Waals surface area contributed by atoms with Crippen molar-refractivity contribution < 1.29 is 4.39 Å². The Morgan fingerprint density at radius 2 is 2.11 bits per heavy atom. The highest BCUT2D eigenvalue weighted by atomic mass is 79.9. The third-order valence-corrected chi connectivity index (χ3v) is 3.22. The lowest BCUT2D eigenvalue weighted by Gasteiger charge is -2.05. The zero-order chi connectivity index (χ0) is 13.3. The van der Waals surface area contributed by atoms with Gasteiger partial charge in [0.25, 0.3) is 5.56 Å². The molecule has 0 bridgehead atoms. The summed E-state index contributed by atoms with van der Waals surface area (Å²) in [4.78, 5) is 25.6. The average Bonchev–Trinajstić information content (AvgIpc) is 2.34. The van der Waals surface area contributed by atoms with Crippen molar-refractivity contribution in [3.63, 3.8) is 0 Å². The van der Waals surface area contributed by atoms with Crippen LogP contribution in [0.25, 0.3) is 0 Å². The van der Waals surface area contributed by atoms with Crippen LogP contribution in [0.3, 0.4) is 0 Å². The van der Waals surface area contributed by atoms with Gasteiger partial charge in [-0.25, -0.2) is 9.18 Å². The number of benzene rings is 1. The van der Waals surface area contributed by atoms with Crippen molar-refractivity contribution in [2.75, 3.05) is 0 Å². The van der Waals surface area contributed by atoms with E-state index < -0.39 is 17.1 Å². The molecule has 94 valence electrons. The van der Waals surface area contributed by atoms with Crippen LogP contribution < -0.4 is 11.2 Å². The first-order valence-electron chi connectivity index (χ1n) is 4.91. The average molecular weight is 334 g/mol. The van der Waals surface area contributed by atoms with Gasteiger partial charge in [-0.2, -0.15) is 0 Å². The minimum atomic E-state index is -0.589. The van der Waals surface area contributed by atoms with Gasteiger partial charge in [0.05, 0.1) is 16.0 Å². The Bertz CT molecular complexity index is 711. The fourth-order valence-corrected chi connectivity index (χ4v) is 1.90. The molecule has 4 nitrogen and oxygen atoms in total. The molecular weight excluding hydrogens is 326 g/mol. The number of aromatic amines is 1. The van der Waals surface area contributed by atoms with Crippen LogP contribution in [-0.2, 0) is 6.54 Å². The van der Waals surface area contributed by atoms with Gasteiger partial charge in [-0.15, -0.1) is 0 Å². The predicted octanol–water partition coefficient (Wildman–Crippen LogP) is 2.14. The molecule has 1 heterocycles. The fourth-order valence-electron chi connectivity index (χ4n) is 1.45. The van der Waals surface area contributed by atoms with Gasteiger partial charge in [-0.1, -0.05) is 17.7 Å². The third-order valence-electron chi connectivity index (χ3n) is 2.34. The van der Waals surface area contributed by atoms with E-state index in [2.05, 4.69) is 20.9 Å². The summed E-state index contributed by atoms with van der Waals surface area (Å²) in [7, 11) is 0. The molecule has 0 aliphatic rings. The topological polar surface area (TPSA) is 54.9 Å². The van der Waals surface area contributed by atoms with Gasteiger partial charge < -0.3 is 4.98 Å². The monoisotopic (exact) mass is 332 g/mol. The van der Waals surface area contributed by atoms with Gasteiger partial charge in [0, 0.05) is 6.20 Å². The van der Waals surface area contributed by atoms with E-state index in [4.69, 9.17) is 11.6 Å². The maximum atomic E-state index is 13.2. The molecule has 0 fully saturated rings. The van der Waals surface area contributed by atoms with Crippen LogP contribution >= 0.6 is 27.5 Å². The van der Waals surface area contributed by atoms with Gasteiger partial charge in [-0.3, -0.25) is 9.36 Å². The zero-order valence-corrected chi connectivity index (χ0v) is 11.3. The lowest BCUT2D eigenvalue weighted by Crippen LogP contribution is -2.35. The van der Waals surface area contributed by atoms with Crippen molar-refractivity contribution in [1.82, 2.24) is 9.55 Å². The summed E-state index contributed by atoms with van der Waals surface area (Å²) < 4.78 is 14.4. The highest BCUT2D eigenvalue weighted by Crippen LogP contribution is 2.15. The van der Waals surface area contributed by atoms with Gasteiger partial charge in [-0.05, 0) is 33.6 Å². The predicted molar refractivity (Wildman–Crippen MR) is 69.5 cm³/mol. The number of H-pyrrole nitrogens is 1. The third kappa shape index (κ3) is 2.54. The number of aromatic nitrogens is 2. The Labute approximate surface area is 114 Å². The standard InChI is InChI=1S/C11H7BrClFN2O2/c12-7-4-15-11(18)16(10(7)17)5-6-1-2-8(13)9(14)3-6/h1-4H,5H2,(H,15,18). The van der Waals surface area contributed by atoms with Crippen LogP contribution in [0, 0.1) is 5.82 Å². The zero-order valence-electron chi connectivity index (χ0n) is 8.91. The van der Waals surface area contributed by atoms with Crippen molar-refractivity contribution in [3.8, 4) is 0 Å². The minimum Gasteiger partial charge on any atom is -0.313 e. The van der Waals surface area contributed by atoms with Crippen LogP contribution in [0.4, 0.5) is 4.39 Å². The SMILES string of the molecule is O=c1[nH]cc(Br)c(=O)n1Cc1ccc(Cl)c(F)c1. The van der Waals surface area contributed by atoms with Crippen LogP contribution in [-0.4, -0.2) is 9.55 Å². The van der Waals surface area contributed by atoms with Crippen molar-refractivity contribution in [3.05, 3.63) is 66.1 Å². The molecule has 0 aliphatic heterocycles. The van der Waals surface area contributed by atoms with Crippen molar-refractivity contribution >= 4 is 27.5 Å². The van der Waals surface area contributed by atoms with E-state index in [9.17, 15) is 14.0 Å². The highest BCUT2D eigenvalue weighted by Gasteiger charge is 2.07. The minimum absolute atomic E-state index is 0.00533. The Balaban J connectivity index is 2.46. The molecule has 7 heteroatoms.